The number of anilines is 2. The summed E-state index contributed by atoms with van der Waals surface area (Å²) >= 11 is 0. The van der Waals surface area contributed by atoms with Gasteiger partial charge in [0.25, 0.3) is 11.8 Å². The number of rotatable bonds is 8. The van der Waals surface area contributed by atoms with Crippen molar-refractivity contribution in [3.63, 3.8) is 0 Å². The van der Waals surface area contributed by atoms with Gasteiger partial charge in [0.05, 0.1) is 28.6 Å². The van der Waals surface area contributed by atoms with Crippen molar-refractivity contribution in [3.8, 4) is 0 Å². The molecule has 7 rings (SSSR count). The molecule has 2 aromatic rings. The van der Waals surface area contributed by atoms with E-state index in [4.69, 9.17) is 9.84 Å². The van der Waals surface area contributed by atoms with Crippen molar-refractivity contribution >= 4 is 35.0 Å². The third-order valence-corrected chi connectivity index (χ3v) is 8.93. The number of hydrogen-bond donors (Lipinski definition) is 3. The Morgan fingerprint density at radius 1 is 0.975 bits per heavy atom. The van der Waals surface area contributed by atoms with Crippen molar-refractivity contribution in [2.24, 2.45) is 5.92 Å². The van der Waals surface area contributed by atoms with Gasteiger partial charge >= 0.3 is 0 Å². The summed E-state index contributed by atoms with van der Waals surface area (Å²) in [6, 6.07) is 5.02. The lowest BCUT2D eigenvalue weighted by molar-refractivity contribution is -0.136. The molecule has 2 saturated carbocycles. The van der Waals surface area contributed by atoms with Gasteiger partial charge in [-0.1, -0.05) is 0 Å². The fraction of sp³-hybridized carbons (Fsp3) is 0.552. The Labute approximate surface area is 232 Å². The molecular formula is C29H34N6O5. The molecule has 11 nitrogen and oxygen atoms in total. The molecule has 11 heteroatoms. The summed E-state index contributed by atoms with van der Waals surface area (Å²) in [4.78, 5) is 50.8. The number of carbonyl (C=O) groups is 4. The van der Waals surface area contributed by atoms with Gasteiger partial charge < -0.3 is 15.4 Å². The van der Waals surface area contributed by atoms with Crippen LogP contribution in [-0.4, -0.2) is 70.2 Å². The van der Waals surface area contributed by atoms with Crippen molar-refractivity contribution < 1.29 is 23.9 Å². The lowest BCUT2D eigenvalue weighted by Gasteiger charge is -2.35. The maximum absolute atomic E-state index is 13.1. The molecule has 3 N–H and O–H groups in total. The summed E-state index contributed by atoms with van der Waals surface area (Å²) in [6.45, 7) is 2.39. The number of imide groups is 2. The van der Waals surface area contributed by atoms with Crippen LogP contribution in [-0.2, 0) is 14.3 Å². The van der Waals surface area contributed by atoms with Gasteiger partial charge in [-0.15, -0.1) is 0 Å². The molecule has 0 radical (unpaired) electrons. The highest BCUT2D eigenvalue weighted by Gasteiger charge is 2.44. The monoisotopic (exact) mass is 546 g/mol. The number of nitrogens with zero attached hydrogens (tertiary/aromatic N) is 3. The van der Waals surface area contributed by atoms with Crippen LogP contribution in [0.1, 0.15) is 89.7 Å². The summed E-state index contributed by atoms with van der Waals surface area (Å²) in [5.74, 6) is -0.893. The summed E-state index contributed by atoms with van der Waals surface area (Å²) in [7, 11) is 0. The summed E-state index contributed by atoms with van der Waals surface area (Å²) < 4.78 is 7.67. The highest BCUT2D eigenvalue weighted by Crippen LogP contribution is 2.45. The molecule has 40 heavy (non-hydrogen) atoms. The van der Waals surface area contributed by atoms with E-state index in [1.807, 2.05) is 0 Å². The van der Waals surface area contributed by atoms with E-state index in [1.165, 1.54) is 24.2 Å². The van der Waals surface area contributed by atoms with Crippen molar-refractivity contribution in [1.82, 2.24) is 20.0 Å². The first-order valence-corrected chi connectivity index (χ1v) is 14.5. The maximum Gasteiger partial charge on any atom is 0.262 e. The van der Waals surface area contributed by atoms with Crippen LogP contribution in [0.25, 0.3) is 0 Å². The quantitative estimate of drug-likeness (QED) is 0.431. The van der Waals surface area contributed by atoms with Crippen LogP contribution >= 0.6 is 0 Å². The minimum absolute atomic E-state index is 0.104. The molecule has 0 spiro atoms. The number of carbonyl (C=O) groups excluding carboxylic acids is 4. The zero-order chi connectivity index (χ0) is 27.4. The lowest BCUT2D eigenvalue weighted by atomic mass is 9.80. The van der Waals surface area contributed by atoms with Gasteiger partial charge in [0.15, 0.2) is 0 Å². The second-order valence-electron chi connectivity index (χ2n) is 11.8. The topological polar surface area (TPSA) is 135 Å². The van der Waals surface area contributed by atoms with E-state index >= 15 is 0 Å². The first-order valence-electron chi connectivity index (χ1n) is 14.5. The van der Waals surface area contributed by atoms with E-state index in [2.05, 4.69) is 26.8 Å². The van der Waals surface area contributed by atoms with Crippen LogP contribution in [0, 0.1) is 5.92 Å². The van der Waals surface area contributed by atoms with Crippen LogP contribution in [0.3, 0.4) is 0 Å². The van der Waals surface area contributed by atoms with Gasteiger partial charge in [0.1, 0.15) is 6.04 Å². The standard InChI is InChI=1S/C29H34N6O5/c36-25-6-5-24(27(37)32-25)35-28(38)21-4-3-19(13-22(21)29(35)39)30-14-16-11-20(12-16)34-15-23(26(33-34)17-1-2-17)31-18-7-9-40-10-8-18/h3-4,13,15-18,20,24,30-31H,1-2,5-12,14H2,(H,32,36,37)/t16-,20-,24?. The number of nitrogens with one attached hydrogen (secondary N) is 3. The fourth-order valence-corrected chi connectivity index (χ4v) is 6.35. The summed E-state index contributed by atoms with van der Waals surface area (Å²) in [5.41, 5.74) is 3.77. The molecule has 5 aliphatic rings. The molecular weight excluding hydrogens is 512 g/mol. The molecule has 3 aliphatic heterocycles. The normalized spacial score (nSPS) is 26.9. The minimum Gasteiger partial charge on any atom is -0.385 e. The molecule has 4 heterocycles. The molecule has 4 amide bonds. The minimum atomic E-state index is -0.955. The van der Waals surface area contributed by atoms with Crippen LogP contribution in [0.15, 0.2) is 24.4 Å². The van der Waals surface area contributed by atoms with Crippen molar-refractivity contribution in [1.29, 1.82) is 0 Å². The highest BCUT2D eigenvalue weighted by atomic mass is 16.5. The van der Waals surface area contributed by atoms with Crippen molar-refractivity contribution in [2.45, 2.75) is 75.4 Å². The Kier molecular flexibility index (Phi) is 6.33. The largest absolute Gasteiger partial charge is 0.385 e. The zero-order valence-corrected chi connectivity index (χ0v) is 22.4. The average Bonchev–Trinajstić information content (AvgIpc) is 3.64. The molecule has 1 atom stereocenters. The zero-order valence-electron chi connectivity index (χ0n) is 22.4. The molecule has 1 unspecified atom stereocenters. The number of piperidine rings is 1. The third-order valence-electron chi connectivity index (χ3n) is 8.93. The number of benzene rings is 1. The third kappa shape index (κ3) is 4.66. The molecule has 210 valence electrons. The fourth-order valence-electron chi connectivity index (χ4n) is 6.35. The highest BCUT2D eigenvalue weighted by molar-refractivity contribution is 6.23. The van der Waals surface area contributed by atoms with Crippen LogP contribution < -0.4 is 16.0 Å². The molecule has 2 saturated heterocycles. The second-order valence-corrected chi connectivity index (χ2v) is 11.8. The Balaban J connectivity index is 0.954. The van der Waals surface area contributed by atoms with Gasteiger partial charge in [0, 0.05) is 50.0 Å². The van der Waals surface area contributed by atoms with Crippen molar-refractivity contribution in [2.75, 3.05) is 30.4 Å². The molecule has 1 aromatic heterocycles. The van der Waals surface area contributed by atoms with Gasteiger partial charge in [-0.2, -0.15) is 5.10 Å². The predicted octanol–water partition coefficient (Wildman–Crippen LogP) is 2.82. The van der Waals surface area contributed by atoms with E-state index in [1.54, 1.807) is 18.2 Å². The van der Waals surface area contributed by atoms with E-state index in [0.29, 0.717) is 35.0 Å². The molecule has 2 aliphatic carbocycles. The maximum atomic E-state index is 13.1. The average molecular weight is 547 g/mol. The number of fused-ring (bicyclic) bond motifs is 1. The van der Waals surface area contributed by atoms with Gasteiger partial charge in [-0.25, -0.2) is 0 Å². The van der Waals surface area contributed by atoms with E-state index in [9.17, 15) is 19.2 Å². The number of amides is 4. The van der Waals surface area contributed by atoms with Crippen LogP contribution in [0.5, 0.6) is 0 Å². The van der Waals surface area contributed by atoms with E-state index in [-0.39, 0.29) is 18.7 Å². The smallest absolute Gasteiger partial charge is 0.262 e. The molecule has 1 aromatic carbocycles. The lowest BCUT2D eigenvalue weighted by Crippen LogP contribution is -2.54. The molecule has 0 bridgehead atoms. The summed E-state index contributed by atoms with van der Waals surface area (Å²) in [5, 5.41) is 14.4. The van der Waals surface area contributed by atoms with Gasteiger partial charge in [-0.3, -0.25) is 34.1 Å². The number of ether oxygens (including phenoxy) is 1. The van der Waals surface area contributed by atoms with E-state index in [0.717, 1.165) is 56.0 Å². The molecule has 4 fully saturated rings. The Morgan fingerprint density at radius 3 is 2.50 bits per heavy atom. The van der Waals surface area contributed by atoms with Crippen LogP contribution in [0.4, 0.5) is 11.4 Å². The summed E-state index contributed by atoms with van der Waals surface area (Å²) in [6.07, 6.45) is 9.02. The Hall–Kier alpha value is -3.73. The second kappa shape index (κ2) is 10.0. The predicted molar refractivity (Wildman–Crippen MR) is 145 cm³/mol. The van der Waals surface area contributed by atoms with Crippen molar-refractivity contribution in [3.05, 3.63) is 41.2 Å². The van der Waals surface area contributed by atoms with E-state index < -0.39 is 23.8 Å². The van der Waals surface area contributed by atoms with Gasteiger partial charge in [-0.05, 0) is 69.1 Å². The first kappa shape index (κ1) is 25.3. The SMILES string of the molecule is O=C1CCC(N2C(=O)c3ccc(NC[C@H]4C[C@H](n5cc(NC6CCOCC6)c(C6CC6)n5)C4)cc3C2=O)C(=O)N1. The number of hydrogen-bond acceptors (Lipinski definition) is 8. The Bertz CT molecular complexity index is 1370. The van der Waals surface area contributed by atoms with Gasteiger partial charge in [0.2, 0.25) is 11.8 Å². The first-order chi connectivity index (χ1) is 19.4. The van der Waals surface area contributed by atoms with Crippen LogP contribution in [0.2, 0.25) is 0 Å². The number of aromatic nitrogens is 2. The Morgan fingerprint density at radius 2 is 1.75 bits per heavy atom.